The molecule has 0 radical (unpaired) electrons. The topological polar surface area (TPSA) is 42.6 Å². The average Bonchev–Trinajstić information content (AvgIpc) is 3.19. The van der Waals surface area contributed by atoms with E-state index in [1.54, 1.807) is 0 Å². The molecule has 5 heteroatoms. The highest BCUT2D eigenvalue weighted by Gasteiger charge is 2.18. The van der Waals surface area contributed by atoms with Crippen molar-refractivity contribution in [1.82, 2.24) is 20.9 Å². The molecule has 0 bridgehead atoms. The first kappa shape index (κ1) is 18.6. The Hall–Kier alpha value is -1.14. The van der Waals surface area contributed by atoms with Crippen LogP contribution in [0, 0.1) is 6.92 Å². The second kappa shape index (κ2) is 10.1. The fourth-order valence-corrected chi connectivity index (χ4v) is 3.82. The predicted octanol–water partition coefficient (Wildman–Crippen LogP) is 1.18. The van der Waals surface area contributed by atoms with E-state index in [2.05, 4.69) is 50.9 Å². The molecular formula is C20H35N5. The lowest BCUT2D eigenvalue weighted by atomic mass is 10.1. The Morgan fingerprint density at radius 3 is 2.00 bits per heavy atom. The van der Waals surface area contributed by atoms with Gasteiger partial charge in [0.25, 0.3) is 0 Å². The average molecular weight is 346 g/mol. The van der Waals surface area contributed by atoms with Crippen molar-refractivity contribution in [3.63, 3.8) is 0 Å². The largest absolute Gasteiger partial charge is 0.371 e. The van der Waals surface area contributed by atoms with Crippen molar-refractivity contribution in [2.45, 2.75) is 26.3 Å². The first-order valence-corrected chi connectivity index (χ1v) is 10.0. The van der Waals surface area contributed by atoms with Crippen LogP contribution < -0.4 is 20.9 Å². The molecule has 1 aromatic carbocycles. The van der Waals surface area contributed by atoms with E-state index in [0.29, 0.717) is 0 Å². The second-order valence-corrected chi connectivity index (χ2v) is 7.35. The highest BCUT2D eigenvalue weighted by Crippen LogP contribution is 2.26. The summed E-state index contributed by atoms with van der Waals surface area (Å²) in [6, 6.07) is 6.97. The van der Waals surface area contributed by atoms with E-state index in [9.17, 15) is 0 Å². The van der Waals surface area contributed by atoms with E-state index in [4.69, 9.17) is 0 Å². The lowest BCUT2D eigenvalue weighted by molar-refractivity contribution is 0.233. The highest BCUT2D eigenvalue weighted by atomic mass is 15.2. The van der Waals surface area contributed by atoms with Gasteiger partial charge in [-0.3, -0.25) is 4.90 Å². The maximum absolute atomic E-state index is 3.43. The zero-order valence-electron chi connectivity index (χ0n) is 15.8. The van der Waals surface area contributed by atoms with Gasteiger partial charge < -0.3 is 20.9 Å². The number of benzene rings is 1. The first-order chi connectivity index (χ1) is 12.3. The zero-order valence-corrected chi connectivity index (χ0v) is 15.8. The minimum atomic E-state index is 1.11. The molecule has 3 fully saturated rings. The van der Waals surface area contributed by atoms with Gasteiger partial charge in [-0.15, -0.1) is 0 Å². The minimum Gasteiger partial charge on any atom is -0.371 e. The summed E-state index contributed by atoms with van der Waals surface area (Å²) in [6.45, 7) is 14.9. The quantitative estimate of drug-likeness (QED) is 0.768. The van der Waals surface area contributed by atoms with Gasteiger partial charge in [-0.2, -0.15) is 0 Å². The molecule has 5 nitrogen and oxygen atoms in total. The van der Waals surface area contributed by atoms with Crippen LogP contribution in [-0.2, 0) is 6.54 Å². The van der Waals surface area contributed by atoms with E-state index < -0.39 is 0 Å². The van der Waals surface area contributed by atoms with Gasteiger partial charge in [0.05, 0.1) is 0 Å². The third-order valence-corrected chi connectivity index (χ3v) is 5.24. The Morgan fingerprint density at radius 1 is 0.800 bits per heavy atom. The van der Waals surface area contributed by atoms with Gasteiger partial charge in [-0.25, -0.2) is 0 Å². The number of hydrogen-bond acceptors (Lipinski definition) is 5. The van der Waals surface area contributed by atoms with E-state index in [-0.39, 0.29) is 0 Å². The van der Waals surface area contributed by atoms with Gasteiger partial charge in [-0.05, 0) is 31.4 Å². The van der Waals surface area contributed by atoms with Crippen LogP contribution in [0.4, 0.5) is 5.69 Å². The lowest BCUT2D eigenvalue weighted by Gasteiger charge is -2.30. The Bertz CT molecular complexity index is 491. The molecule has 3 aliphatic rings. The monoisotopic (exact) mass is 345 g/mol. The molecule has 140 valence electrons. The van der Waals surface area contributed by atoms with E-state index in [1.807, 2.05) is 0 Å². The molecule has 3 aliphatic heterocycles. The van der Waals surface area contributed by atoms with Gasteiger partial charge in [0.1, 0.15) is 0 Å². The molecule has 0 unspecified atom stereocenters. The predicted molar refractivity (Wildman–Crippen MR) is 107 cm³/mol. The highest BCUT2D eigenvalue weighted by molar-refractivity contribution is 5.55. The van der Waals surface area contributed by atoms with Gasteiger partial charge in [0.15, 0.2) is 0 Å². The number of rotatable bonds is 3. The third kappa shape index (κ3) is 5.96. The number of nitrogens with zero attached hydrogens (tertiary/aromatic N) is 2. The summed E-state index contributed by atoms with van der Waals surface area (Å²) in [5.41, 5.74) is 4.37. The fourth-order valence-electron chi connectivity index (χ4n) is 3.82. The third-order valence-electron chi connectivity index (χ3n) is 5.24. The summed E-state index contributed by atoms with van der Waals surface area (Å²) in [6.07, 6.45) is 2.70. The van der Waals surface area contributed by atoms with Crippen LogP contribution in [0.1, 0.15) is 24.0 Å². The van der Waals surface area contributed by atoms with E-state index >= 15 is 0 Å². The first-order valence-electron chi connectivity index (χ1n) is 10.0. The zero-order chi connectivity index (χ0) is 17.3. The molecule has 0 aliphatic carbocycles. The normalized spacial score (nSPS) is 21.7. The molecule has 3 N–H and O–H groups in total. The maximum Gasteiger partial charge on any atom is 0.0412 e. The van der Waals surface area contributed by atoms with Crippen LogP contribution in [0.3, 0.4) is 0 Å². The lowest BCUT2D eigenvalue weighted by Crippen LogP contribution is -2.43. The van der Waals surface area contributed by atoms with Crippen LogP contribution in [0.5, 0.6) is 0 Å². The summed E-state index contributed by atoms with van der Waals surface area (Å²) in [7, 11) is 0. The molecule has 0 amide bonds. The number of aryl methyl sites for hydroxylation is 1. The number of nitrogens with one attached hydrogen (secondary N) is 3. The van der Waals surface area contributed by atoms with Gasteiger partial charge >= 0.3 is 0 Å². The maximum atomic E-state index is 3.43. The molecule has 0 saturated carbocycles. The summed E-state index contributed by atoms with van der Waals surface area (Å²) in [5.74, 6) is 0. The van der Waals surface area contributed by atoms with Crippen molar-refractivity contribution in [3.05, 3.63) is 29.3 Å². The standard InChI is InChI=1S/C16H25N3.C4H10N2/c1-14-4-5-16(19-8-2-3-9-19)15(12-14)13-18-10-6-17-7-11-18;1-2-6-4-3-5-1/h4-5,12,17H,2-3,6-11,13H2,1H3;5-6H,1-4H2. The van der Waals surface area contributed by atoms with E-state index in [0.717, 1.165) is 45.8 Å². The molecule has 25 heavy (non-hydrogen) atoms. The van der Waals surface area contributed by atoms with Crippen molar-refractivity contribution in [3.8, 4) is 0 Å². The molecule has 3 heterocycles. The smallest absolute Gasteiger partial charge is 0.0412 e. The van der Waals surface area contributed by atoms with Crippen molar-refractivity contribution in [2.75, 3.05) is 70.3 Å². The summed E-state index contributed by atoms with van der Waals surface area (Å²) < 4.78 is 0. The number of anilines is 1. The van der Waals surface area contributed by atoms with Crippen LogP contribution in [0.25, 0.3) is 0 Å². The summed E-state index contributed by atoms with van der Waals surface area (Å²) in [5, 5.41) is 9.87. The Labute approximate surface area is 153 Å². The van der Waals surface area contributed by atoms with Crippen LogP contribution in [0.2, 0.25) is 0 Å². The van der Waals surface area contributed by atoms with Crippen molar-refractivity contribution in [1.29, 1.82) is 0 Å². The van der Waals surface area contributed by atoms with Crippen molar-refractivity contribution in [2.24, 2.45) is 0 Å². The molecule has 1 aromatic rings. The molecule has 4 rings (SSSR count). The van der Waals surface area contributed by atoms with Crippen LogP contribution in [-0.4, -0.2) is 70.3 Å². The van der Waals surface area contributed by atoms with Crippen LogP contribution in [0.15, 0.2) is 18.2 Å². The van der Waals surface area contributed by atoms with Gasteiger partial charge in [0, 0.05) is 77.7 Å². The Kier molecular flexibility index (Phi) is 7.55. The molecule has 0 spiro atoms. The number of piperazine rings is 2. The number of hydrogen-bond donors (Lipinski definition) is 3. The van der Waals surface area contributed by atoms with Gasteiger partial charge in [0.2, 0.25) is 0 Å². The van der Waals surface area contributed by atoms with Crippen molar-refractivity contribution < 1.29 is 0 Å². The minimum absolute atomic E-state index is 1.11. The van der Waals surface area contributed by atoms with E-state index in [1.165, 1.54) is 55.8 Å². The Balaban J connectivity index is 0.000000258. The molecule has 0 aromatic heterocycles. The van der Waals surface area contributed by atoms with Gasteiger partial charge in [-0.1, -0.05) is 17.7 Å². The fraction of sp³-hybridized carbons (Fsp3) is 0.700. The van der Waals surface area contributed by atoms with Crippen molar-refractivity contribution >= 4 is 5.69 Å². The Morgan fingerprint density at radius 2 is 1.40 bits per heavy atom. The summed E-state index contributed by atoms with van der Waals surface area (Å²) in [4.78, 5) is 5.14. The summed E-state index contributed by atoms with van der Waals surface area (Å²) >= 11 is 0. The van der Waals surface area contributed by atoms with Crippen LogP contribution >= 0.6 is 0 Å². The molecule has 3 saturated heterocycles. The SMILES string of the molecule is C1CNCCN1.Cc1ccc(N2CCCC2)c(CN2CCNCC2)c1. The molecule has 0 atom stereocenters. The molecular weight excluding hydrogens is 310 g/mol. The second-order valence-electron chi connectivity index (χ2n) is 7.35.